The number of para-hydroxylation sites is 1. The molecule has 3 rings (SSSR count). The van der Waals surface area contributed by atoms with Gasteiger partial charge < -0.3 is 9.88 Å². The number of hydrogen-bond acceptors (Lipinski definition) is 2. The van der Waals surface area contributed by atoms with Crippen molar-refractivity contribution in [2.24, 2.45) is 7.05 Å². The molecule has 5 heteroatoms. The van der Waals surface area contributed by atoms with Gasteiger partial charge in [0.15, 0.2) is 0 Å². The third-order valence-corrected chi connectivity index (χ3v) is 4.18. The molecule has 0 aliphatic carbocycles. The lowest BCUT2D eigenvalue weighted by molar-refractivity contribution is 0.102. The summed E-state index contributed by atoms with van der Waals surface area (Å²) >= 11 is 3.46. The fourth-order valence-electron chi connectivity index (χ4n) is 2.34. The maximum absolute atomic E-state index is 12.4. The summed E-state index contributed by atoms with van der Waals surface area (Å²) in [7, 11) is 1.66. The Morgan fingerprint density at radius 3 is 2.55 bits per heavy atom. The predicted molar refractivity (Wildman–Crippen MR) is 91.3 cm³/mol. The fourth-order valence-corrected chi connectivity index (χ4v) is 2.81. The van der Waals surface area contributed by atoms with Crippen molar-refractivity contribution in [3.63, 3.8) is 0 Å². The number of amides is 1. The molecule has 22 heavy (non-hydrogen) atoms. The van der Waals surface area contributed by atoms with Crippen LogP contribution in [0.2, 0.25) is 0 Å². The molecule has 0 saturated carbocycles. The number of carbonyl (C=O) groups is 1. The van der Waals surface area contributed by atoms with Gasteiger partial charge in [-0.3, -0.25) is 9.59 Å². The van der Waals surface area contributed by atoms with Gasteiger partial charge in [-0.25, -0.2) is 0 Å². The molecule has 1 aromatic heterocycles. The van der Waals surface area contributed by atoms with Crippen LogP contribution in [0.5, 0.6) is 0 Å². The van der Waals surface area contributed by atoms with Crippen molar-refractivity contribution in [2.45, 2.75) is 0 Å². The van der Waals surface area contributed by atoms with Gasteiger partial charge in [-0.2, -0.15) is 0 Å². The zero-order valence-corrected chi connectivity index (χ0v) is 13.4. The topological polar surface area (TPSA) is 51.1 Å². The normalized spacial score (nSPS) is 10.6. The average Bonchev–Trinajstić information content (AvgIpc) is 2.52. The molecule has 1 heterocycles. The van der Waals surface area contributed by atoms with E-state index in [0.717, 1.165) is 15.4 Å². The largest absolute Gasteiger partial charge is 0.322 e. The van der Waals surface area contributed by atoms with Crippen LogP contribution in [-0.2, 0) is 7.05 Å². The van der Waals surface area contributed by atoms with E-state index in [0.29, 0.717) is 5.69 Å². The van der Waals surface area contributed by atoms with Crippen molar-refractivity contribution < 1.29 is 4.79 Å². The molecule has 0 unspecified atom stereocenters. The van der Waals surface area contributed by atoms with Crippen LogP contribution >= 0.6 is 15.9 Å². The van der Waals surface area contributed by atoms with E-state index >= 15 is 0 Å². The zero-order chi connectivity index (χ0) is 15.7. The number of fused-ring (bicyclic) bond motifs is 1. The Morgan fingerprint density at radius 2 is 1.82 bits per heavy atom. The maximum atomic E-state index is 12.4. The first-order chi connectivity index (χ1) is 10.6. The van der Waals surface area contributed by atoms with Crippen molar-refractivity contribution >= 4 is 38.4 Å². The molecular formula is C17H13BrN2O2. The first kappa shape index (κ1) is 14.5. The molecule has 3 aromatic rings. The smallest absolute Gasteiger partial charge is 0.263 e. The number of aromatic nitrogens is 1. The SMILES string of the molecule is Cn1c(=O)c(C(=O)Nc2ccccc2)cc2c(Br)cccc21. The van der Waals surface area contributed by atoms with Gasteiger partial charge in [-0.1, -0.05) is 40.2 Å². The van der Waals surface area contributed by atoms with Crippen LogP contribution < -0.4 is 10.9 Å². The summed E-state index contributed by atoms with van der Waals surface area (Å²) in [6.45, 7) is 0. The second-order valence-corrected chi connectivity index (χ2v) is 5.77. The number of rotatable bonds is 2. The van der Waals surface area contributed by atoms with E-state index < -0.39 is 5.91 Å². The summed E-state index contributed by atoms with van der Waals surface area (Å²) in [6, 6.07) is 16.3. The highest BCUT2D eigenvalue weighted by Gasteiger charge is 2.15. The highest BCUT2D eigenvalue weighted by molar-refractivity contribution is 9.10. The van der Waals surface area contributed by atoms with Gasteiger partial charge in [-0.15, -0.1) is 0 Å². The molecule has 1 N–H and O–H groups in total. The van der Waals surface area contributed by atoms with Crippen molar-refractivity contribution in [1.82, 2.24) is 4.57 Å². The summed E-state index contributed by atoms with van der Waals surface area (Å²) in [5.74, 6) is -0.413. The van der Waals surface area contributed by atoms with E-state index in [4.69, 9.17) is 0 Å². The summed E-state index contributed by atoms with van der Waals surface area (Å²) < 4.78 is 2.33. The number of nitrogens with zero attached hydrogens (tertiary/aromatic N) is 1. The summed E-state index contributed by atoms with van der Waals surface area (Å²) in [5.41, 5.74) is 1.22. The zero-order valence-electron chi connectivity index (χ0n) is 11.8. The molecule has 4 nitrogen and oxygen atoms in total. The first-order valence-electron chi connectivity index (χ1n) is 6.72. The van der Waals surface area contributed by atoms with Crippen LogP contribution in [0.25, 0.3) is 10.9 Å². The third kappa shape index (κ3) is 2.55. The van der Waals surface area contributed by atoms with Crippen LogP contribution in [-0.4, -0.2) is 10.5 Å². The number of anilines is 1. The van der Waals surface area contributed by atoms with Crippen LogP contribution in [0.1, 0.15) is 10.4 Å². The minimum atomic E-state index is -0.413. The van der Waals surface area contributed by atoms with Crippen molar-refractivity contribution in [1.29, 1.82) is 0 Å². The maximum Gasteiger partial charge on any atom is 0.263 e. The Labute approximate surface area is 135 Å². The minimum Gasteiger partial charge on any atom is -0.322 e. The molecule has 110 valence electrons. The van der Waals surface area contributed by atoms with Crippen LogP contribution in [0.3, 0.4) is 0 Å². The van der Waals surface area contributed by atoms with Crippen molar-refractivity contribution in [3.05, 3.63) is 75.0 Å². The number of carbonyl (C=O) groups excluding carboxylic acids is 1. The fraction of sp³-hybridized carbons (Fsp3) is 0.0588. The molecule has 0 aliphatic rings. The molecule has 1 amide bonds. The number of hydrogen-bond donors (Lipinski definition) is 1. The quantitative estimate of drug-likeness (QED) is 0.763. The molecule has 0 spiro atoms. The van der Waals surface area contributed by atoms with E-state index in [1.807, 2.05) is 36.4 Å². The van der Waals surface area contributed by atoms with Crippen LogP contribution in [0.15, 0.2) is 63.9 Å². The minimum absolute atomic E-state index is 0.116. The predicted octanol–water partition coefficient (Wildman–Crippen LogP) is 3.55. The lowest BCUT2D eigenvalue weighted by atomic mass is 10.1. The number of aryl methyl sites for hydroxylation is 1. The Balaban J connectivity index is 2.11. The first-order valence-corrected chi connectivity index (χ1v) is 7.52. The van der Waals surface area contributed by atoms with E-state index in [1.165, 1.54) is 4.57 Å². The number of nitrogens with one attached hydrogen (secondary N) is 1. The van der Waals surface area contributed by atoms with Gasteiger partial charge in [0.1, 0.15) is 5.56 Å². The number of benzene rings is 2. The molecule has 0 aliphatic heterocycles. The monoisotopic (exact) mass is 356 g/mol. The lowest BCUT2D eigenvalue weighted by Gasteiger charge is -2.10. The van der Waals surface area contributed by atoms with Crippen LogP contribution in [0.4, 0.5) is 5.69 Å². The van der Waals surface area contributed by atoms with Gasteiger partial charge in [0.2, 0.25) is 0 Å². The van der Waals surface area contributed by atoms with Gasteiger partial charge in [0.25, 0.3) is 11.5 Å². The second kappa shape index (κ2) is 5.77. The summed E-state index contributed by atoms with van der Waals surface area (Å²) in [5, 5.41) is 3.56. The van der Waals surface area contributed by atoms with Gasteiger partial charge in [-0.05, 0) is 30.3 Å². The Hall–Kier alpha value is -2.40. The molecule has 0 atom stereocenters. The van der Waals surface area contributed by atoms with Crippen molar-refractivity contribution in [3.8, 4) is 0 Å². The summed E-state index contributed by atoms with van der Waals surface area (Å²) in [6.07, 6.45) is 0. The van der Waals surface area contributed by atoms with Gasteiger partial charge in [0.05, 0.1) is 5.52 Å². The van der Waals surface area contributed by atoms with E-state index in [-0.39, 0.29) is 11.1 Å². The number of halogens is 1. The highest BCUT2D eigenvalue weighted by Crippen LogP contribution is 2.23. The van der Waals surface area contributed by atoms with E-state index in [2.05, 4.69) is 21.2 Å². The Morgan fingerprint density at radius 1 is 1.09 bits per heavy atom. The molecule has 2 aromatic carbocycles. The van der Waals surface area contributed by atoms with Gasteiger partial charge >= 0.3 is 0 Å². The summed E-state index contributed by atoms with van der Waals surface area (Å²) in [4.78, 5) is 24.8. The molecule has 0 fully saturated rings. The lowest BCUT2D eigenvalue weighted by Crippen LogP contribution is -2.27. The number of pyridine rings is 1. The molecular weight excluding hydrogens is 344 g/mol. The molecule has 0 bridgehead atoms. The van der Waals surface area contributed by atoms with E-state index in [1.54, 1.807) is 25.2 Å². The third-order valence-electron chi connectivity index (χ3n) is 3.49. The average molecular weight is 357 g/mol. The van der Waals surface area contributed by atoms with Gasteiger partial charge in [0, 0.05) is 22.6 Å². The van der Waals surface area contributed by atoms with E-state index in [9.17, 15) is 9.59 Å². The Kier molecular flexibility index (Phi) is 3.81. The van der Waals surface area contributed by atoms with Crippen LogP contribution in [0, 0.1) is 0 Å². The second-order valence-electron chi connectivity index (χ2n) is 4.91. The van der Waals surface area contributed by atoms with Crippen molar-refractivity contribution in [2.75, 3.05) is 5.32 Å². The molecule has 0 radical (unpaired) electrons. The Bertz CT molecular complexity index is 917. The molecule has 0 saturated heterocycles. The standard InChI is InChI=1S/C17H13BrN2O2/c1-20-15-9-5-8-14(18)12(15)10-13(17(20)22)16(21)19-11-6-3-2-4-7-11/h2-10H,1H3,(H,19,21). The highest BCUT2D eigenvalue weighted by atomic mass is 79.9.